The third-order valence-corrected chi connectivity index (χ3v) is 8.07. The molecule has 7 nitrogen and oxygen atoms in total. The number of nitrogens with zero attached hydrogens (tertiary/aromatic N) is 2. The molecule has 1 aliphatic carbocycles. The number of ketones is 1. The normalized spacial score (nSPS) is 22.9. The Balaban J connectivity index is 1.46. The largest absolute Gasteiger partial charge is 0.379 e. The smallest absolute Gasteiger partial charge is 0.257 e. The van der Waals surface area contributed by atoms with E-state index in [1.807, 2.05) is 17.5 Å². The molecule has 0 aromatic carbocycles. The highest BCUT2D eigenvalue weighted by atomic mass is 32.2. The molecular formula is C23H28N4O3S2. The fourth-order valence-electron chi connectivity index (χ4n) is 4.80. The average Bonchev–Trinajstić information content (AvgIpc) is 3.27. The lowest BCUT2D eigenvalue weighted by Crippen LogP contribution is -2.37. The summed E-state index contributed by atoms with van der Waals surface area (Å²) in [6.45, 7) is 8.60. The van der Waals surface area contributed by atoms with Gasteiger partial charge in [-0.2, -0.15) is 0 Å². The third-order valence-electron chi connectivity index (χ3n) is 6.28. The number of rotatable bonds is 5. The van der Waals surface area contributed by atoms with Crippen LogP contribution in [0.1, 0.15) is 43.0 Å². The fraction of sp³-hybridized carbons (Fsp3) is 0.522. The van der Waals surface area contributed by atoms with Crippen LogP contribution in [0.2, 0.25) is 0 Å². The Morgan fingerprint density at radius 2 is 2.09 bits per heavy atom. The van der Waals surface area contributed by atoms with Crippen molar-refractivity contribution in [3.63, 3.8) is 0 Å². The van der Waals surface area contributed by atoms with Crippen LogP contribution >= 0.6 is 23.1 Å². The number of morpholine rings is 1. The minimum absolute atomic E-state index is 0.114. The van der Waals surface area contributed by atoms with Gasteiger partial charge in [0.2, 0.25) is 0 Å². The van der Waals surface area contributed by atoms with Gasteiger partial charge in [0.1, 0.15) is 5.82 Å². The van der Waals surface area contributed by atoms with Gasteiger partial charge in [-0.25, -0.2) is 4.98 Å². The second-order valence-corrected chi connectivity index (χ2v) is 11.4. The molecule has 0 amide bonds. The molecule has 2 N–H and O–H groups in total. The zero-order valence-electron chi connectivity index (χ0n) is 18.4. The van der Waals surface area contributed by atoms with Crippen LogP contribution in [0.3, 0.4) is 0 Å². The Morgan fingerprint density at radius 3 is 2.84 bits per heavy atom. The highest BCUT2D eigenvalue weighted by Crippen LogP contribution is 2.48. The summed E-state index contributed by atoms with van der Waals surface area (Å²) in [4.78, 5) is 37.6. The Kier molecular flexibility index (Phi) is 6.00. The molecular weight excluding hydrogens is 444 g/mol. The van der Waals surface area contributed by atoms with E-state index in [0.29, 0.717) is 23.0 Å². The standard InChI is InChI=1S/C23H28N4O3S2/c1-23(2)12-14-17(15(28)13-23)18(16-4-3-10-31-16)19-20(24-14)25-22(26-21(19)29)32-11-7-27-5-8-30-9-6-27/h3-4,10,18H,5-9,11-13H2,1-2H3,(H2,24,25,26,29)/t18-/m0/s1. The summed E-state index contributed by atoms with van der Waals surface area (Å²) < 4.78 is 5.40. The first-order chi connectivity index (χ1) is 15.4. The van der Waals surface area contributed by atoms with Gasteiger partial charge in [-0.3, -0.25) is 14.5 Å². The lowest BCUT2D eigenvalue weighted by molar-refractivity contribution is -0.118. The number of carbonyl (C=O) groups excluding carboxylic acids is 1. The molecule has 1 fully saturated rings. The van der Waals surface area contributed by atoms with Crippen molar-refractivity contribution in [2.75, 3.05) is 43.9 Å². The molecule has 170 valence electrons. The third kappa shape index (κ3) is 4.31. The molecule has 4 heterocycles. The van der Waals surface area contributed by atoms with E-state index in [1.54, 1.807) is 23.1 Å². The first kappa shape index (κ1) is 21.9. The first-order valence-electron chi connectivity index (χ1n) is 11.0. The summed E-state index contributed by atoms with van der Waals surface area (Å²) in [5.74, 6) is 1.20. The van der Waals surface area contributed by atoms with E-state index in [2.05, 4.69) is 29.0 Å². The number of ether oxygens (including phenoxy) is 1. The van der Waals surface area contributed by atoms with E-state index < -0.39 is 0 Å². The van der Waals surface area contributed by atoms with Crippen molar-refractivity contribution in [1.82, 2.24) is 14.9 Å². The highest BCUT2D eigenvalue weighted by Gasteiger charge is 2.42. The molecule has 32 heavy (non-hydrogen) atoms. The first-order valence-corrected chi connectivity index (χ1v) is 12.9. The monoisotopic (exact) mass is 472 g/mol. The molecule has 0 radical (unpaired) electrons. The lowest BCUT2D eigenvalue weighted by Gasteiger charge is -2.38. The van der Waals surface area contributed by atoms with E-state index in [0.717, 1.165) is 61.2 Å². The molecule has 2 aromatic rings. The number of allylic oxidation sites excluding steroid dienone is 2. The Morgan fingerprint density at radius 1 is 1.28 bits per heavy atom. The number of aromatic amines is 1. The number of hydrogen-bond acceptors (Lipinski definition) is 8. The van der Waals surface area contributed by atoms with Gasteiger partial charge >= 0.3 is 0 Å². The molecule has 0 spiro atoms. The zero-order valence-corrected chi connectivity index (χ0v) is 20.0. The van der Waals surface area contributed by atoms with E-state index >= 15 is 0 Å². The van der Waals surface area contributed by atoms with Crippen molar-refractivity contribution in [3.05, 3.63) is 49.6 Å². The molecule has 5 rings (SSSR count). The minimum atomic E-state index is -0.353. The quantitative estimate of drug-likeness (QED) is 0.509. The molecule has 0 saturated carbocycles. The van der Waals surface area contributed by atoms with Crippen LogP contribution in [-0.4, -0.2) is 59.3 Å². The van der Waals surface area contributed by atoms with Gasteiger partial charge in [-0.1, -0.05) is 31.7 Å². The van der Waals surface area contributed by atoms with Crippen molar-refractivity contribution in [2.24, 2.45) is 5.41 Å². The molecule has 0 unspecified atom stereocenters. The van der Waals surface area contributed by atoms with Gasteiger partial charge in [0.05, 0.1) is 24.7 Å². The zero-order chi connectivity index (χ0) is 22.3. The second kappa shape index (κ2) is 8.78. The maximum atomic E-state index is 13.3. The highest BCUT2D eigenvalue weighted by molar-refractivity contribution is 7.99. The average molecular weight is 473 g/mol. The van der Waals surface area contributed by atoms with Crippen LogP contribution in [0.5, 0.6) is 0 Å². The summed E-state index contributed by atoms with van der Waals surface area (Å²) in [6, 6.07) is 3.98. The number of thioether (sulfide) groups is 1. The Labute approximate surface area is 195 Å². The van der Waals surface area contributed by atoms with Gasteiger partial charge in [0.15, 0.2) is 10.9 Å². The topological polar surface area (TPSA) is 87.3 Å². The van der Waals surface area contributed by atoms with Crippen molar-refractivity contribution in [3.8, 4) is 0 Å². The number of carbonyl (C=O) groups is 1. The maximum absolute atomic E-state index is 13.3. The SMILES string of the molecule is CC1(C)CC(=O)C2=C(C1)Nc1nc(SCCN3CCOCC3)[nH]c(=O)c1[C@H]2c1cccs1. The van der Waals surface area contributed by atoms with Crippen molar-refractivity contribution < 1.29 is 9.53 Å². The summed E-state index contributed by atoms with van der Waals surface area (Å²) in [5.41, 5.74) is 1.92. The molecule has 1 atom stereocenters. The van der Waals surface area contributed by atoms with Gasteiger partial charge < -0.3 is 15.0 Å². The van der Waals surface area contributed by atoms with Crippen LogP contribution < -0.4 is 10.9 Å². The summed E-state index contributed by atoms with van der Waals surface area (Å²) in [6.07, 6.45) is 1.26. The molecule has 9 heteroatoms. The van der Waals surface area contributed by atoms with Crippen LogP contribution in [0.4, 0.5) is 5.82 Å². The number of nitrogens with one attached hydrogen (secondary N) is 2. The molecule has 0 bridgehead atoms. The number of fused-ring (bicyclic) bond motifs is 1. The van der Waals surface area contributed by atoms with E-state index in [9.17, 15) is 9.59 Å². The minimum Gasteiger partial charge on any atom is -0.379 e. The number of thiophene rings is 1. The maximum Gasteiger partial charge on any atom is 0.257 e. The van der Waals surface area contributed by atoms with Crippen LogP contribution in [-0.2, 0) is 9.53 Å². The Bertz CT molecular complexity index is 1100. The second-order valence-electron chi connectivity index (χ2n) is 9.34. The number of Topliss-reactive ketones (excluding diaryl/α,β-unsaturated/α-hetero) is 1. The van der Waals surface area contributed by atoms with Gasteiger partial charge in [-0.05, 0) is 23.3 Å². The number of aromatic nitrogens is 2. The predicted molar refractivity (Wildman–Crippen MR) is 128 cm³/mol. The lowest BCUT2D eigenvalue weighted by atomic mass is 9.70. The van der Waals surface area contributed by atoms with Crippen LogP contribution in [0, 0.1) is 5.41 Å². The van der Waals surface area contributed by atoms with Crippen molar-refractivity contribution in [1.29, 1.82) is 0 Å². The van der Waals surface area contributed by atoms with E-state index in [1.165, 1.54) is 0 Å². The molecule has 3 aliphatic rings. The van der Waals surface area contributed by atoms with E-state index in [4.69, 9.17) is 9.72 Å². The predicted octanol–water partition coefficient (Wildman–Crippen LogP) is 3.46. The Hall–Kier alpha value is -1.94. The fourth-order valence-corrected chi connectivity index (χ4v) is 6.50. The molecule has 1 saturated heterocycles. The molecule has 2 aliphatic heterocycles. The van der Waals surface area contributed by atoms with Gasteiger partial charge in [-0.15, -0.1) is 11.3 Å². The van der Waals surface area contributed by atoms with Crippen LogP contribution in [0.15, 0.2) is 38.7 Å². The summed E-state index contributed by atoms with van der Waals surface area (Å²) in [5, 5.41) is 6.00. The summed E-state index contributed by atoms with van der Waals surface area (Å²) in [7, 11) is 0. The summed E-state index contributed by atoms with van der Waals surface area (Å²) >= 11 is 3.14. The molecule has 2 aromatic heterocycles. The van der Waals surface area contributed by atoms with Crippen molar-refractivity contribution >= 4 is 34.7 Å². The number of H-pyrrole nitrogens is 1. The van der Waals surface area contributed by atoms with E-state index in [-0.39, 0.29) is 22.7 Å². The van der Waals surface area contributed by atoms with Crippen molar-refractivity contribution in [2.45, 2.75) is 37.8 Å². The number of hydrogen-bond donors (Lipinski definition) is 2. The van der Waals surface area contributed by atoms with Crippen LogP contribution in [0.25, 0.3) is 0 Å². The van der Waals surface area contributed by atoms with Gasteiger partial charge in [0.25, 0.3) is 5.56 Å². The number of anilines is 1. The van der Waals surface area contributed by atoms with Gasteiger partial charge in [0, 0.05) is 48.0 Å².